The molecule has 0 atom stereocenters. The molecule has 6 nitrogen and oxygen atoms in total. The lowest BCUT2D eigenvalue weighted by Crippen LogP contribution is -2.13. The number of carbonyl (C=O) groups excluding carboxylic acids is 2. The fraction of sp³-hybridized carbons (Fsp3) is 0.200. The number of carbonyl (C=O) groups is 2. The molecule has 2 rings (SSSR count). The average Bonchev–Trinajstić information content (AvgIpc) is 2.84. The van der Waals surface area contributed by atoms with Crippen LogP contribution in [0, 0.1) is 0 Å². The van der Waals surface area contributed by atoms with E-state index in [0.29, 0.717) is 28.4 Å². The molecule has 0 heterocycles. The van der Waals surface area contributed by atoms with E-state index in [1.807, 2.05) is 26.0 Å². The van der Waals surface area contributed by atoms with Crippen molar-refractivity contribution in [1.29, 1.82) is 0 Å². The van der Waals surface area contributed by atoms with Crippen molar-refractivity contribution in [3.05, 3.63) is 90.8 Å². The van der Waals surface area contributed by atoms with E-state index in [4.69, 9.17) is 18.9 Å². The van der Waals surface area contributed by atoms with Crippen LogP contribution in [0.2, 0.25) is 0 Å². The van der Waals surface area contributed by atoms with Crippen molar-refractivity contribution in [3.63, 3.8) is 0 Å². The minimum Gasteiger partial charge on any atom is -0.489 e. The molecule has 188 valence electrons. The quantitative estimate of drug-likeness (QED) is 0.106. The molecule has 6 heteroatoms. The van der Waals surface area contributed by atoms with Crippen LogP contribution in [0.1, 0.15) is 38.8 Å². The van der Waals surface area contributed by atoms with Crippen LogP contribution < -0.4 is 14.2 Å². The number of benzene rings is 2. The Hall–Kier alpha value is -4.32. The SMILES string of the molecule is C=Cc1c(OCCOC(=O)C(=C)C)ccc(-c2ccc(OC(=O)C(=C)C)cc2OC=C(C)C)c1C=C. The standard InChI is InChI=1S/C30H32O6/c1-9-23-24(10-2)27(33-15-16-34-29(31)20(5)6)14-13-25(23)26-12-11-22(36-30(32)21(7)8)17-28(26)35-18-19(3)4/h9-14,17-18H,1-2,5,7,15-16H2,3-4,6,8H3. The third-order valence-electron chi connectivity index (χ3n) is 4.80. The van der Waals surface area contributed by atoms with Crippen molar-refractivity contribution in [1.82, 2.24) is 0 Å². The Morgan fingerprint density at radius 2 is 1.44 bits per heavy atom. The average molecular weight is 489 g/mol. The van der Waals surface area contributed by atoms with Crippen LogP contribution in [0.5, 0.6) is 17.2 Å². The largest absolute Gasteiger partial charge is 0.489 e. The smallest absolute Gasteiger partial charge is 0.338 e. The van der Waals surface area contributed by atoms with Gasteiger partial charge in [0.05, 0.1) is 6.26 Å². The molecule has 0 bridgehead atoms. The first-order chi connectivity index (χ1) is 17.1. The molecule has 0 saturated heterocycles. The van der Waals surface area contributed by atoms with Gasteiger partial charge in [0, 0.05) is 28.3 Å². The predicted octanol–water partition coefficient (Wildman–Crippen LogP) is 6.92. The van der Waals surface area contributed by atoms with Crippen LogP contribution in [0.3, 0.4) is 0 Å². The molecule has 0 aliphatic heterocycles. The highest BCUT2D eigenvalue weighted by Gasteiger charge is 2.17. The summed E-state index contributed by atoms with van der Waals surface area (Å²) in [7, 11) is 0. The van der Waals surface area contributed by atoms with Crippen molar-refractivity contribution >= 4 is 24.1 Å². The molecule has 0 N–H and O–H groups in total. The maximum absolute atomic E-state index is 12.0. The predicted molar refractivity (Wildman–Crippen MR) is 144 cm³/mol. The highest BCUT2D eigenvalue weighted by atomic mass is 16.6. The molecule has 0 radical (unpaired) electrons. The van der Waals surface area contributed by atoms with E-state index in [0.717, 1.165) is 27.8 Å². The zero-order valence-corrected chi connectivity index (χ0v) is 21.3. The first-order valence-electron chi connectivity index (χ1n) is 11.3. The number of esters is 2. The van der Waals surface area contributed by atoms with Gasteiger partial charge in [-0.05, 0) is 68.7 Å². The Kier molecular flexibility index (Phi) is 10.0. The minimum atomic E-state index is -0.521. The van der Waals surface area contributed by atoms with Gasteiger partial charge in [0.25, 0.3) is 0 Å². The minimum absolute atomic E-state index is 0.0819. The summed E-state index contributed by atoms with van der Waals surface area (Å²) < 4.78 is 22.3. The maximum atomic E-state index is 12.0. The van der Waals surface area contributed by atoms with Crippen LogP contribution >= 0.6 is 0 Å². The summed E-state index contributed by atoms with van der Waals surface area (Å²) in [5.74, 6) is 0.394. The first kappa shape index (κ1) is 27.9. The second-order valence-electron chi connectivity index (χ2n) is 8.25. The van der Waals surface area contributed by atoms with Crippen LogP contribution in [-0.4, -0.2) is 25.2 Å². The zero-order chi connectivity index (χ0) is 26.8. The van der Waals surface area contributed by atoms with Gasteiger partial charge in [-0.25, -0.2) is 9.59 Å². The Labute approximate surface area is 212 Å². The zero-order valence-electron chi connectivity index (χ0n) is 21.3. The van der Waals surface area contributed by atoms with Gasteiger partial charge in [0.2, 0.25) is 0 Å². The number of hydrogen-bond donors (Lipinski definition) is 0. The van der Waals surface area contributed by atoms with Gasteiger partial charge in [-0.15, -0.1) is 0 Å². The van der Waals surface area contributed by atoms with E-state index < -0.39 is 11.9 Å². The summed E-state index contributed by atoms with van der Waals surface area (Å²) in [6.07, 6.45) is 5.00. The summed E-state index contributed by atoms with van der Waals surface area (Å²) in [5, 5.41) is 0. The molecule has 2 aromatic rings. The summed E-state index contributed by atoms with van der Waals surface area (Å²) in [6, 6.07) is 8.83. The van der Waals surface area contributed by atoms with Crippen LogP contribution in [-0.2, 0) is 14.3 Å². The van der Waals surface area contributed by atoms with E-state index in [2.05, 4.69) is 26.3 Å². The summed E-state index contributed by atoms with van der Waals surface area (Å²) >= 11 is 0. The molecule has 0 aromatic heterocycles. The van der Waals surface area contributed by atoms with Gasteiger partial charge in [-0.2, -0.15) is 0 Å². The lowest BCUT2D eigenvalue weighted by Gasteiger charge is -2.18. The van der Waals surface area contributed by atoms with Crippen LogP contribution in [0.4, 0.5) is 0 Å². The van der Waals surface area contributed by atoms with Gasteiger partial charge >= 0.3 is 11.9 Å². The molecule has 0 unspecified atom stereocenters. The molecule has 0 amide bonds. The van der Waals surface area contributed by atoms with Gasteiger partial charge < -0.3 is 18.9 Å². The van der Waals surface area contributed by atoms with Crippen LogP contribution in [0.15, 0.2) is 79.6 Å². The van der Waals surface area contributed by atoms with E-state index in [9.17, 15) is 9.59 Å². The molecule has 0 saturated carbocycles. The number of rotatable bonds is 12. The summed E-state index contributed by atoms with van der Waals surface area (Å²) in [6.45, 7) is 22.3. The van der Waals surface area contributed by atoms with E-state index in [-0.39, 0.29) is 13.2 Å². The Morgan fingerprint density at radius 3 is 2.03 bits per heavy atom. The molecule has 0 spiro atoms. The normalized spacial score (nSPS) is 10.0. The van der Waals surface area contributed by atoms with E-state index >= 15 is 0 Å². The first-order valence-corrected chi connectivity index (χ1v) is 11.3. The van der Waals surface area contributed by atoms with Crippen molar-refractivity contribution in [2.24, 2.45) is 0 Å². The highest BCUT2D eigenvalue weighted by Crippen LogP contribution is 2.40. The summed E-state index contributed by atoms with van der Waals surface area (Å²) in [5.41, 5.74) is 4.64. The molecule has 0 aliphatic carbocycles. The summed E-state index contributed by atoms with van der Waals surface area (Å²) in [4.78, 5) is 23.6. The second kappa shape index (κ2) is 13.0. The van der Waals surface area contributed by atoms with E-state index in [1.165, 1.54) is 0 Å². The second-order valence-corrected chi connectivity index (χ2v) is 8.25. The van der Waals surface area contributed by atoms with Crippen molar-refractivity contribution in [2.45, 2.75) is 27.7 Å². The van der Waals surface area contributed by atoms with Gasteiger partial charge in [0.15, 0.2) is 0 Å². The molecule has 0 fully saturated rings. The van der Waals surface area contributed by atoms with Crippen LogP contribution in [0.25, 0.3) is 23.3 Å². The van der Waals surface area contributed by atoms with E-state index in [1.54, 1.807) is 50.5 Å². The number of ether oxygens (including phenoxy) is 4. The van der Waals surface area contributed by atoms with Crippen molar-refractivity contribution in [3.8, 4) is 28.4 Å². The fourth-order valence-electron chi connectivity index (χ4n) is 3.08. The highest BCUT2D eigenvalue weighted by molar-refractivity contribution is 5.90. The molecular formula is C30H32O6. The monoisotopic (exact) mass is 488 g/mol. The third kappa shape index (κ3) is 7.34. The molecule has 36 heavy (non-hydrogen) atoms. The van der Waals surface area contributed by atoms with Gasteiger partial charge in [-0.1, -0.05) is 38.5 Å². The lowest BCUT2D eigenvalue weighted by atomic mass is 9.94. The van der Waals surface area contributed by atoms with Gasteiger partial charge in [0.1, 0.15) is 30.5 Å². The maximum Gasteiger partial charge on any atom is 0.338 e. The topological polar surface area (TPSA) is 71.1 Å². The number of allylic oxidation sites excluding steroid dienone is 1. The molecule has 2 aromatic carbocycles. The van der Waals surface area contributed by atoms with Gasteiger partial charge in [-0.3, -0.25) is 0 Å². The molecular weight excluding hydrogens is 456 g/mol. The van der Waals surface area contributed by atoms with Crippen molar-refractivity contribution in [2.75, 3.05) is 13.2 Å². The lowest BCUT2D eigenvalue weighted by molar-refractivity contribution is -0.139. The molecule has 0 aliphatic rings. The van der Waals surface area contributed by atoms with Crippen molar-refractivity contribution < 1.29 is 28.5 Å². The Bertz CT molecular complexity index is 1230. The fourth-order valence-corrected chi connectivity index (χ4v) is 3.08. The Balaban J connectivity index is 2.46. The Morgan fingerprint density at radius 1 is 0.806 bits per heavy atom. The number of hydrogen-bond acceptors (Lipinski definition) is 6. The third-order valence-corrected chi connectivity index (χ3v) is 4.80.